The normalized spacial score (nSPS) is 18.7. The molecule has 2 aromatic carbocycles. The van der Waals surface area contributed by atoms with E-state index in [-0.39, 0.29) is 16.8 Å². The van der Waals surface area contributed by atoms with Gasteiger partial charge in [0.2, 0.25) is 15.9 Å². The SMILES string of the molecule is Cc1ccc(S(=O)(=O)N2CCC[C@H]2C(=O)NC[C@H](c2ccccc2)[NH+](C)C)cc1. The van der Waals surface area contributed by atoms with Crippen LogP contribution in [0.4, 0.5) is 0 Å². The quantitative estimate of drug-likeness (QED) is 0.711. The molecule has 1 heterocycles. The highest BCUT2D eigenvalue weighted by molar-refractivity contribution is 7.89. The van der Waals surface area contributed by atoms with E-state index in [1.54, 1.807) is 24.3 Å². The predicted octanol–water partition coefficient (Wildman–Crippen LogP) is 1.15. The van der Waals surface area contributed by atoms with Gasteiger partial charge in [0.05, 0.1) is 25.5 Å². The summed E-state index contributed by atoms with van der Waals surface area (Å²) in [6, 6.07) is 16.3. The van der Waals surface area contributed by atoms with Crippen LogP contribution in [0, 0.1) is 6.92 Å². The van der Waals surface area contributed by atoms with E-state index in [0.29, 0.717) is 25.9 Å². The van der Waals surface area contributed by atoms with Gasteiger partial charge in [-0.05, 0) is 31.9 Å². The molecule has 7 heteroatoms. The molecule has 2 aromatic rings. The second-order valence-electron chi connectivity index (χ2n) is 7.87. The molecule has 0 saturated carbocycles. The number of nitrogens with zero attached hydrogens (tertiary/aromatic N) is 1. The molecule has 1 saturated heterocycles. The van der Waals surface area contributed by atoms with E-state index < -0.39 is 16.1 Å². The fourth-order valence-corrected chi connectivity index (χ4v) is 5.45. The lowest BCUT2D eigenvalue weighted by atomic mass is 10.1. The van der Waals surface area contributed by atoms with Crippen molar-refractivity contribution in [2.24, 2.45) is 0 Å². The first kappa shape index (κ1) is 21.5. The fourth-order valence-electron chi connectivity index (χ4n) is 3.80. The van der Waals surface area contributed by atoms with Gasteiger partial charge in [-0.1, -0.05) is 48.0 Å². The number of hydrogen-bond acceptors (Lipinski definition) is 3. The average Bonchev–Trinajstić information content (AvgIpc) is 3.20. The Labute approximate surface area is 173 Å². The molecule has 1 fully saturated rings. The molecule has 2 atom stereocenters. The number of quaternary nitrogens is 1. The third-order valence-corrected chi connectivity index (χ3v) is 7.44. The monoisotopic (exact) mass is 416 g/mol. The molecule has 1 aliphatic rings. The number of carbonyl (C=O) groups is 1. The van der Waals surface area contributed by atoms with Crippen molar-refractivity contribution in [2.45, 2.75) is 36.7 Å². The molecule has 0 unspecified atom stereocenters. The lowest BCUT2D eigenvalue weighted by Gasteiger charge is -2.26. The second-order valence-corrected chi connectivity index (χ2v) is 9.76. The lowest BCUT2D eigenvalue weighted by Crippen LogP contribution is -3.07. The topological polar surface area (TPSA) is 70.9 Å². The summed E-state index contributed by atoms with van der Waals surface area (Å²) in [4.78, 5) is 14.4. The molecule has 0 spiro atoms. The zero-order chi connectivity index (χ0) is 21.0. The van der Waals surface area contributed by atoms with Gasteiger partial charge in [0, 0.05) is 12.1 Å². The minimum Gasteiger partial charge on any atom is -0.348 e. The van der Waals surface area contributed by atoms with Crippen molar-refractivity contribution in [1.29, 1.82) is 0 Å². The molecule has 3 rings (SSSR count). The maximum Gasteiger partial charge on any atom is 0.243 e. The molecule has 156 valence electrons. The molecule has 1 aliphatic heterocycles. The average molecular weight is 417 g/mol. The van der Waals surface area contributed by atoms with E-state index in [2.05, 4.69) is 5.32 Å². The highest BCUT2D eigenvalue weighted by Crippen LogP contribution is 2.26. The standard InChI is InChI=1S/C22H29N3O3S/c1-17-11-13-19(14-12-17)29(27,28)25-15-7-10-20(25)22(26)23-16-21(24(2)3)18-8-5-4-6-9-18/h4-6,8-9,11-14,20-21H,7,10,15-16H2,1-3H3,(H,23,26)/p+1/t20-,21+/m0/s1. The molecule has 0 bridgehead atoms. The summed E-state index contributed by atoms with van der Waals surface area (Å²) < 4.78 is 27.5. The second kappa shape index (κ2) is 9.07. The number of hydrogen-bond donors (Lipinski definition) is 2. The van der Waals surface area contributed by atoms with Gasteiger partial charge in [-0.2, -0.15) is 4.31 Å². The number of carbonyl (C=O) groups excluding carboxylic acids is 1. The van der Waals surface area contributed by atoms with Crippen molar-refractivity contribution in [3.05, 3.63) is 65.7 Å². The van der Waals surface area contributed by atoms with E-state index >= 15 is 0 Å². The van der Waals surface area contributed by atoms with Crippen LogP contribution in [0.25, 0.3) is 0 Å². The third-order valence-electron chi connectivity index (χ3n) is 5.51. The van der Waals surface area contributed by atoms with Crippen LogP contribution in [0.1, 0.15) is 30.0 Å². The van der Waals surface area contributed by atoms with E-state index in [1.165, 1.54) is 9.21 Å². The van der Waals surface area contributed by atoms with Crippen LogP contribution in [0.15, 0.2) is 59.5 Å². The van der Waals surface area contributed by atoms with E-state index in [9.17, 15) is 13.2 Å². The third kappa shape index (κ3) is 4.86. The number of benzene rings is 2. The number of sulfonamides is 1. The summed E-state index contributed by atoms with van der Waals surface area (Å²) in [6.45, 7) is 2.74. The Morgan fingerprint density at radius 2 is 1.79 bits per heavy atom. The van der Waals surface area contributed by atoms with Gasteiger partial charge in [0.15, 0.2) is 0 Å². The van der Waals surface area contributed by atoms with Gasteiger partial charge in [0.25, 0.3) is 0 Å². The molecule has 0 radical (unpaired) electrons. The van der Waals surface area contributed by atoms with Crippen LogP contribution >= 0.6 is 0 Å². The van der Waals surface area contributed by atoms with Crippen molar-refractivity contribution >= 4 is 15.9 Å². The molecule has 0 aromatic heterocycles. The molecule has 6 nitrogen and oxygen atoms in total. The minimum absolute atomic E-state index is 0.101. The van der Waals surface area contributed by atoms with Crippen LogP contribution in [0.2, 0.25) is 0 Å². The van der Waals surface area contributed by atoms with Crippen molar-refractivity contribution in [2.75, 3.05) is 27.2 Å². The van der Waals surface area contributed by atoms with Gasteiger partial charge in [-0.3, -0.25) is 4.79 Å². The van der Waals surface area contributed by atoms with Gasteiger partial charge in [-0.25, -0.2) is 8.42 Å². The summed E-state index contributed by atoms with van der Waals surface area (Å²) in [7, 11) is 0.409. The summed E-state index contributed by atoms with van der Waals surface area (Å²) in [5.41, 5.74) is 2.14. The number of rotatable bonds is 7. The Kier molecular flexibility index (Phi) is 6.72. The maximum atomic E-state index is 13.1. The Hall–Kier alpha value is -2.22. The van der Waals surface area contributed by atoms with Crippen molar-refractivity contribution in [1.82, 2.24) is 9.62 Å². The molecule has 0 aliphatic carbocycles. The molecular formula is C22H30N3O3S+. The van der Waals surface area contributed by atoms with Gasteiger partial charge >= 0.3 is 0 Å². The Bertz CT molecular complexity index is 928. The number of aryl methyl sites for hydroxylation is 1. The Balaban J connectivity index is 1.72. The van der Waals surface area contributed by atoms with Gasteiger partial charge in [-0.15, -0.1) is 0 Å². The highest BCUT2D eigenvalue weighted by atomic mass is 32.2. The zero-order valence-electron chi connectivity index (χ0n) is 17.3. The van der Waals surface area contributed by atoms with E-state index in [1.807, 2.05) is 51.4 Å². The summed E-state index contributed by atoms with van der Waals surface area (Å²) in [5, 5.41) is 3.00. The van der Waals surface area contributed by atoms with Crippen LogP contribution in [-0.2, 0) is 14.8 Å². The number of nitrogens with one attached hydrogen (secondary N) is 2. The first-order chi connectivity index (χ1) is 13.8. The number of amides is 1. The van der Waals surface area contributed by atoms with Crippen LogP contribution in [-0.4, -0.2) is 51.9 Å². The summed E-state index contributed by atoms with van der Waals surface area (Å²) >= 11 is 0. The van der Waals surface area contributed by atoms with Gasteiger partial charge < -0.3 is 10.2 Å². The van der Waals surface area contributed by atoms with Crippen LogP contribution in [0.5, 0.6) is 0 Å². The highest BCUT2D eigenvalue weighted by Gasteiger charge is 2.39. The van der Waals surface area contributed by atoms with Crippen LogP contribution in [0.3, 0.4) is 0 Å². The molecular weight excluding hydrogens is 386 g/mol. The smallest absolute Gasteiger partial charge is 0.243 e. The number of likely N-dealkylation sites (N-methyl/N-ethyl adjacent to an activating group) is 1. The largest absolute Gasteiger partial charge is 0.348 e. The zero-order valence-corrected chi connectivity index (χ0v) is 18.1. The molecule has 29 heavy (non-hydrogen) atoms. The van der Waals surface area contributed by atoms with Crippen molar-refractivity contribution < 1.29 is 18.1 Å². The first-order valence-corrected chi connectivity index (χ1v) is 11.5. The van der Waals surface area contributed by atoms with Crippen molar-refractivity contribution in [3.63, 3.8) is 0 Å². The first-order valence-electron chi connectivity index (χ1n) is 10.0. The molecule has 1 amide bonds. The maximum absolute atomic E-state index is 13.1. The van der Waals surface area contributed by atoms with E-state index in [0.717, 1.165) is 11.1 Å². The summed E-state index contributed by atoms with van der Waals surface area (Å²) in [5.74, 6) is -0.222. The van der Waals surface area contributed by atoms with Crippen molar-refractivity contribution in [3.8, 4) is 0 Å². The van der Waals surface area contributed by atoms with E-state index in [4.69, 9.17) is 0 Å². The fraction of sp³-hybridized carbons (Fsp3) is 0.409. The Morgan fingerprint density at radius 1 is 1.14 bits per heavy atom. The van der Waals surface area contributed by atoms with Gasteiger partial charge in [0.1, 0.15) is 12.1 Å². The summed E-state index contributed by atoms with van der Waals surface area (Å²) in [6.07, 6.45) is 1.23. The molecule has 2 N–H and O–H groups in total. The van der Waals surface area contributed by atoms with Crippen LogP contribution < -0.4 is 10.2 Å². The Morgan fingerprint density at radius 3 is 2.41 bits per heavy atom. The lowest BCUT2D eigenvalue weighted by molar-refractivity contribution is -0.890. The predicted molar refractivity (Wildman–Crippen MR) is 113 cm³/mol. The minimum atomic E-state index is -3.69.